The molecule has 0 radical (unpaired) electrons. The number of nitrogens with zero attached hydrogens (tertiary/aromatic N) is 3. The van der Waals surface area contributed by atoms with Crippen molar-refractivity contribution in [2.75, 3.05) is 54.0 Å². The van der Waals surface area contributed by atoms with Crippen LogP contribution in [0.25, 0.3) is 0 Å². The van der Waals surface area contributed by atoms with Crippen LogP contribution >= 0.6 is 0 Å². The summed E-state index contributed by atoms with van der Waals surface area (Å²) in [5, 5.41) is 0. The number of halogens is 6. The summed E-state index contributed by atoms with van der Waals surface area (Å²) in [6, 6.07) is 6.36. The fourth-order valence-electron chi connectivity index (χ4n) is 6.92. The smallest absolute Gasteiger partial charge is 0.416 e. The van der Waals surface area contributed by atoms with E-state index in [9.17, 15) is 35.9 Å². The van der Waals surface area contributed by atoms with Gasteiger partial charge in [-0.1, -0.05) is 0 Å². The molecule has 54 heavy (non-hydrogen) atoms. The van der Waals surface area contributed by atoms with Gasteiger partial charge in [0.1, 0.15) is 47.5 Å². The Labute approximate surface area is 313 Å². The fourth-order valence-corrected chi connectivity index (χ4v) is 6.92. The lowest BCUT2D eigenvalue weighted by Crippen LogP contribution is -2.38. The Bertz CT molecular complexity index is 1580. The molecule has 0 saturated carbocycles. The molecule has 15 heteroatoms. The summed E-state index contributed by atoms with van der Waals surface area (Å²) >= 11 is 0. The van der Waals surface area contributed by atoms with E-state index in [1.54, 1.807) is 20.8 Å². The third-order valence-corrected chi connectivity index (χ3v) is 10.1. The fraction of sp³-hybridized carbons (Fsp3) is 0.641. The van der Waals surface area contributed by atoms with Crippen LogP contribution < -0.4 is 9.47 Å². The molecule has 302 valence electrons. The number of alkyl halides is 6. The predicted molar refractivity (Wildman–Crippen MR) is 191 cm³/mol. The molecule has 9 nitrogen and oxygen atoms in total. The van der Waals surface area contributed by atoms with Crippen molar-refractivity contribution in [2.24, 2.45) is 0 Å². The Balaban J connectivity index is 0.000000241. The second-order valence-corrected chi connectivity index (χ2v) is 15.4. The normalized spacial score (nSPS) is 22.1. The number of hydrogen-bond donors (Lipinski definition) is 0. The molecule has 3 fully saturated rings. The molecule has 4 atom stereocenters. The number of likely N-dealkylation sites (N-methyl/N-ethyl adjacent to an activating group) is 3. The number of rotatable bonds is 10. The van der Waals surface area contributed by atoms with E-state index in [1.807, 2.05) is 28.1 Å². The molecule has 3 aliphatic rings. The van der Waals surface area contributed by atoms with Crippen LogP contribution in [0.15, 0.2) is 36.4 Å². The Morgan fingerprint density at radius 2 is 1.19 bits per heavy atom. The van der Waals surface area contributed by atoms with Gasteiger partial charge in [0.25, 0.3) is 0 Å². The Morgan fingerprint density at radius 3 is 1.65 bits per heavy atom. The average Bonchev–Trinajstić information content (AvgIpc) is 3.82. The van der Waals surface area contributed by atoms with E-state index in [-0.39, 0.29) is 53.5 Å². The molecule has 0 spiro atoms. The zero-order valence-corrected chi connectivity index (χ0v) is 32.1. The first-order chi connectivity index (χ1) is 25.1. The molecule has 2 aromatic rings. The lowest BCUT2D eigenvalue weighted by molar-refractivity contribution is -0.138. The van der Waals surface area contributed by atoms with E-state index in [2.05, 4.69) is 14.7 Å². The number of carbonyl (C=O) groups is 2. The Kier molecular flexibility index (Phi) is 14.3. The Morgan fingerprint density at radius 1 is 0.704 bits per heavy atom. The van der Waals surface area contributed by atoms with Gasteiger partial charge in [0.05, 0.1) is 11.1 Å². The van der Waals surface area contributed by atoms with Crippen molar-refractivity contribution >= 4 is 11.9 Å². The first-order valence-electron chi connectivity index (χ1n) is 18.4. The topological polar surface area (TPSA) is 80.8 Å². The maximum Gasteiger partial charge on any atom is 0.416 e. The van der Waals surface area contributed by atoms with E-state index < -0.39 is 41.0 Å². The maximum atomic E-state index is 13.1. The summed E-state index contributed by atoms with van der Waals surface area (Å²) in [5.74, 6) is -1.36. The molecular weight excluding hydrogens is 720 g/mol. The van der Waals surface area contributed by atoms with Crippen LogP contribution in [-0.2, 0) is 21.8 Å². The van der Waals surface area contributed by atoms with Gasteiger partial charge in [0, 0.05) is 18.1 Å². The van der Waals surface area contributed by atoms with Gasteiger partial charge in [-0.05, 0) is 143 Å². The van der Waals surface area contributed by atoms with E-state index in [0.717, 1.165) is 82.4 Å². The van der Waals surface area contributed by atoms with Crippen LogP contribution in [0, 0.1) is 0 Å². The minimum Gasteiger partial charge on any atom is -0.491 e. The highest BCUT2D eigenvalue weighted by Gasteiger charge is 2.35. The number of benzene rings is 2. The highest BCUT2D eigenvalue weighted by atomic mass is 19.4. The van der Waals surface area contributed by atoms with E-state index in [1.165, 1.54) is 12.1 Å². The zero-order chi connectivity index (χ0) is 40.0. The molecule has 0 aromatic heterocycles. The van der Waals surface area contributed by atoms with E-state index >= 15 is 0 Å². The van der Waals surface area contributed by atoms with Crippen molar-refractivity contribution in [1.82, 2.24) is 14.7 Å². The molecule has 5 rings (SSSR count). The highest BCUT2D eigenvalue weighted by Crippen LogP contribution is 2.36. The van der Waals surface area contributed by atoms with Gasteiger partial charge in [0.2, 0.25) is 0 Å². The van der Waals surface area contributed by atoms with Crippen LogP contribution in [-0.4, -0.2) is 110 Å². The van der Waals surface area contributed by atoms with Gasteiger partial charge < -0.3 is 28.7 Å². The molecule has 0 amide bonds. The molecule has 0 aliphatic carbocycles. The maximum absolute atomic E-state index is 13.1. The molecular formula is C39H53F6N3O6. The lowest BCUT2D eigenvalue weighted by atomic mass is 10.1. The van der Waals surface area contributed by atoms with Crippen LogP contribution in [0.5, 0.6) is 11.5 Å². The molecule has 3 aliphatic heterocycles. The second-order valence-electron chi connectivity index (χ2n) is 15.4. The minimum absolute atomic E-state index is 0.103. The van der Waals surface area contributed by atoms with Crippen LogP contribution in [0.4, 0.5) is 26.3 Å². The van der Waals surface area contributed by atoms with E-state index in [0.29, 0.717) is 6.61 Å². The summed E-state index contributed by atoms with van der Waals surface area (Å²) in [7, 11) is 5.92. The van der Waals surface area contributed by atoms with Crippen molar-refractivity contribution in [3.63, 3.8) is 0 Å². The summed E-state index contributed by atoms with van der Waals surface area (Å²) in [6.45, 7) is 10.2. The van der Waals surface area contributed by atoms with E-state index in [4.69, 9.17) is 18.9 Å². The molecule has 3 unspecified atom stereocenters. The third-order valence-electron chi connectivity index (χ3n) is 10.1. The van der Waals surface area contributed by atoms with Crippen molar-refractivity contribution in [3.05, 3.63) is 58.7 Å². The van der Waals surface area contributed by atoms with Crippen molar-refractivity contribution in [2.45, 2.75) is 108 Å². The van der Waals surface area contributed by atoms with Crippen molar-refractivity contribution < 1.29 is 54.9 Å². The predicted octanol–water partition coefficient (Wildman–Crippen LogP) is 7.95. The number of hydrogen-bond acceptors (Lipinski definition) is 9. The average molecular weight is 774 g/mol. The van der Waals surface area contributed by atoms with Crippen LogP contribution in [0.2, 0.25) is 0 Å². The molecule has 3 saturated heterocycles. The molecule has 0 bridgehead atoms. The molecule has 0 N–H and O–H groups in total. The first-order valence-corrected chi connectivity index (χ1v) is 18.4. The second kappa shape index (κ2) is 17.9. The quantitative estimate of drug-likeness (QED) is 0.177. The Hall–Kier alpha value is -3.56. The van der Waals surface area contributed by atoms with Crippen LogP contribution in [0.3, 0.4) is 0 Å². The van der Waals surface area contributed by atoms with Gasteiger partial charge in [-0.2, -0.15) is 26.3 Å². The zero-order valence-electron chi connectivity index (χ0n) is 32.1. The summed E-state index contributed by atoms with van der Waals surface area (Å²) < 4.78 is 101. The minimum atomic E-state index is -4.55. The van der Waals surface area contributed by atoms with Crippen molar-refractivity contribution in [3.8, 4) is 11.5 Å². The highest BCUT2D eigenvalue weighted by molar-refractivity contribution is 5.93. The van der Waals surface area contributed by atoms with Gasteiger partial charge >= 0.3 is 24.3 Å². The standard InChI is InChI=1S/C20H27F3N2O3.C19H26F3NO3/c1-24-9-3-5-15(24)12-27-18-8-7-14(20(21,22)23)11-17(18)19(26)28-13-16-6-4-10-25(16)2;1-12(15-7-6-10-23(15)5)25-16-9-8-13(19(20,21)22)11-14(16)17(24)26-18(2,3)4/h7-8,11,15-16H,3-6,9-10,12-13H2,1-2H3;8-9,11-12,15H,6-7,10H2,1-5H3/t15-,16?;/m0./s1. The summed E-state index contributed by atoms with van der Waals surface area (Å²) in [5.41, 5.74) is -2.99. The number of ether oxygens (including phenoxy) is 4. The van der Waals surface area contributed by atoms with Gasteiger partial charge in [-0.25, -0.2) is 9.59 Å². The lowest BCUT2D eigenvalue weighted by Gasteiger charge is -2.28. The van der Waals surface area contributed by atoms with Crippen molar-refractivity contribution in [1.29, 1.82) is 0 Å². The third kappa shape index (κ3) is 12.0. The number of likely N-dealkylation sites (tertiary alicyclic amines) is 3. The van der Waals surface area contributed by atoms with Gasteiger partial charge in [-0.3, -0.25) is 4.90 Å². The largest absolute Gasteiger partial charge is 0.491 e. The number of esters is 2. The summed E-state index contributed by atoms with van der Waals surface area (Å²) in [6.07, 6.45) is -3.42. The molecule has 3 heterocycles. The SMILES string of the molecule is CC(Oc1ccc(C(F)(F)F)cc1C(=O)OC(C)(C)C)C1CCCN1C.CN1CCCC1COC(=O)c1cc(C(F)(F)F)ccc1OC[C@@H]1CCCN1C. The number of carbonyl (C=O) groups excluding carboxylic acids is 2. The first kappa shape index (κ1) is 43.2. The summed E-state index contributed by atoms with van der Waals surface area (Å²) in [4.78, 5) is 31.4. The van der Waals surface area contributed by atoms with Gasteiger partial charge in [0.15, 0.2) is 0 Å². The molecule has 2 aromatic carbocycles. The van der Waals surface area contributed by atoms with Gasteiger partial charge in [-0.15, -0.1) is 0 Å². The van der Waals surface area contributed by atoms with Crippen LogP contribution in [0.1, 0.15) is 98.1 Å². The monoisotopic (exact) mass is 773 g/mol.